The van der Waals surface area contributed by atoms with Gasteiger partial charge in [0.05, 0.1) is 0 Å². The molecule has 0 fully saturated rings. The number of carbonyl (C=O) groups is 2. The van der Waals surface area contributed by atoms with E-state index in [0.29, 0.717) is 36.7 Å². The Morgan fingerprint density at radius 1 is 0.853 bits per heavy atom. The molecule has 1 heterocycles. The van der Waals surface area contributed by atoms with Crippen molar-refractivity contribution in [1.82, 2.24) is 9.78 Å². The average molecular weight is 455 g/mol. The third-order valence-corrected chi connectivity index (χ3v) is 5.22. The third kappa shape index (κ3) is 6.32. The minimum absolute atomic E-state index is 0.134. The Kier molecular flexibility index (Phi) is 7.35. The number of hydrogen-bond acceptors (Lipinski definition) is 4. The zero-order valence-corrected chi connectivity index (χ0v) is 18.9. The van der Waals surface area contributed by atoms with Crippen molar-refractivity contribution in [2.75, 3.05) is 10.6 Å². The summed E-state index contributed by atoms with van der Waals surface area (Å²) < 4.78 is 7.25. The Balaban J connectivity index is 1.29. The Hall–Kier alpha value is -4.39. The fourth-order valence-electron chi connectivity index (χ4n) is 3.37. The van der Waals surface area contributed by atoms with Gasteiger partial charge >= 0.3 is 0 Å². The molecule has 0 aliphatic rings. The van der Waals surface area contributed by atoms with Gasteiger partial charge in [0.15, 0.2) is 5.69 Å². The van der Waals surface area contributed by atoms with Crippen molar-refractivity contribution < 1.29 is 14.3 Å². The molecule has 0 atom stereocenters. The molecule has 1 aromatic heterocycles. The molecule has 0 saturated heterocycles. The van der Waals surface area contributed by atoms with E-state index in [1.807, 2.05) is 60.7 Å². The van der Waals surface area contributed by atoms with Gasteiger partial charge in [-0.3, -0.25) is 14.3 Å². The zero-order valence-electron chi connectivity index (χ0n) is 18.9. The zero-order chi connectivity index (χ0) is 23.8. The molecule has 7 heteroatoms. The van der Waals surface area contributed by atoms with Crippen molar-refractivity contribution in [3.05, 3.63) is 108 Å². The summed E-state index contributed by atoms with van der Waals surface area (Å²) in [6.07, 6.45) is 0.984. The smallest absolute Gasteiger partial charge is 0.276 e. The fourth-order valence-corrected chi connectivity index (χ4v) is 3.37. The first-order valence-electron chi connectivity index (χ1n) is 11.0. The molecule has 4 aromatic rings. The number of aryl methyl sites for hydroxylation is 2. The average Bonchev–Trinajstić information content (AvgIpc) is 3.23. The van der Waals surface area contributed by atoms with Gasteiger partial charge in [-0.25, -0.2) is 0 Å². The molecule has 34 heavy (non-hydrogen) atoms. The van der Waals surface area contributed by atoms with E-state index in [4.69, 9.17) is 4.74 Å². The highest BCUT2D eigenvalue weighted by molar-refractivity contribution is 6.04. The Bertz CT molecular complexity index is 1240. The van der Waals surface area contributed by atoms with Crippen LogP contribution in [0.1, 0.15) is 28.0 Å². The highest BCUT2D eigenvalue weighted by Crippen LogP contribution is 2.18. The van der Waals surface area contributed by atoms with Crippen LogP contribution < -0.4 is 15.4 Å². The molecule has 0 aliphatic carbocycles. The van der Waals surface area contributed by atoms with Gasteiger partial charge in [-0.05, 0) is 41.8 Å². The molecular weight excluding hydrogens is 428 g/mol. The number of nitrogens with zero attached hydrogens (tertiary/aromatic N) is 2. The molecule has 7 nitrogen and oxygen atoms in total. The van der Waals surface area contributed by atoms with Crippen LogP contribution in [0.2, 0.25) is 0 Å². The normalized spacial score (nSPS) is 10.5. The van der Waals surface area contributed by atoms with Crippen molar-refractivity contribution >= 4 is 23.3 Å². The van der Waals surface area contributed by atoms with E-state index < -0.39 is 0 Å². The predicted molar refractivity (Wildman–Crippen MR) is 132 cm³/mol. The van der Waals surface area contributed by atoms with E-state index in [1.54, 1.807) is 37.4 Å². The quantitative estimate of drug-likeness (QED) is 0.380. The first kappa shape index (κ1) is 22.8. The van der Waals surface area contributed by atoms with E-state index in [-0.39, 0.29) is 17.5 Å². The number of benzene rings is 3. The van der Waals surface area contributed by atoms with Gasteiger partial charge in [0.1, 0.15) is 18.2 Å². The van der Waals surface area contributed by atoms with Crippen molar-refractivity contribution in [2.24, 2.45) is 7.05 Å². The topological polar surface area (TPSA) is 85.2 Å². The molecule has 0 unspecified atom stereocenters. The van der Waals surface area contributed by atoms with Gasteiger partial charge in [0, 0.05) is 25.2 Å². The van der Waals surface area contributed by atoms with E-state index >= 15 is 0 Å². The summed E-state index contributed by atoms with van der Waals surface area (Å²) in [5, 5.41) is 9.86. The lowest BCUT2D eigenvalue weighted by molar-refractivity contribution is -0.116. The summed E-state index contributed by atoms with van der Waals surface area (Å²) in [5.74, 6) is 0.677. The van der Waals surface area contributed by atoms with E-state index in [9.17, 15) is 9.59 Å². The van der Waals surface area contributed by atoms with Crippen LogP contribution in [0.25, 0.3) is 0 Å². The maximum Gasteiger partial charge on any atom is 0.276 e. The minimum Gasteiger partial charge on any atom is -0.489 e. The standard InChI is InChI=1S/C27H26N4O3/c1-31-25(29-26(32)17-12-20-8-4-2-5-9-20)18-24(30-31)27(33)28-22-13-15-23(16-14-22)34-19-21-10-6-3-7-11-21/h2-11,13-16,18H,12,17,19H2,1H3,(H,28,33)(H,29,32). The third-order valence-electron chi connectivity index (χ3n) is 5.22. The fraction of sp³-hybridized carbons (Fsp3) is 0.148. The monoisotopic (exact) mass is 454 g/mol. The number of amides is 2. The molecule has 0 spiro atoms. The second-order valence-electron chi connectivity index (χ2n) is 7.82. The number of carbonyl (C=O) groups excluding carboxylic acids is 2. The van der Waals surface area contributed by atoms with Crippen LogP contribution in [0, 0.1) is 0 Å². The molecule has 0 aliphatic heterocycles. The van der Waals surface area contributed by atoms with Crippen LogP contribution >= 0.6 is 0 Å². The number of aromatic nitrogens is 2. The summed E-state index contributed by atoms with van der Waals surface area (Å²) in [5.41, 5.74) is 3.01. The van der Waals surface area contributed by atoms with Gasteiger partial charge in [-0.1, -0.05) is 60.7 Å². The van der Waals surface area contributed by atoms with E-state index in [1.165, 1.54) is 4.68 Å². The van der Waals surface area contributed by atoms with Gasteiger partial charge in [-0.15, -0.1) is 0 Å². The summed E-state index contributed by atoms with van der Waals surface area (Å²) in [7, 11) is 1.68. The van der Waals surface area contributed by atoms with E-state index in [0.717, 1.165) is 11.1 Å². The molecule has 2 N–H and O–H groups in total. The van der Waals surface area contributed by atoms with Gasteiger partial charge < -0.3 is 15.4 Å². The number of hydrogen-bond donors (Lipinski definition) is 2. The predicted octanol–water partition coefficient (Wildman–Crippen LogP) is 4.82. The molecule has 172 valence electrons. The summed E-state index contributed by atoms with van der Waals surface area (Å²) in [6, 6.07) is 28.4. The molecule has 0 saturated carbocycles. The van der Waals surface area contributed by atoms with Crippen LogP contribution in [0.3, 0.4) is 0 Å². The molecular formula is C27H26N4O3. The lowest BCUT2D eigenvalue weighted by Crippen LogP contribution is -2.14. The Morgan fingerprint density at radius 3 is 2.18 bits per heavy atom. The highest BCUT2D eigenvalue weighted by atomic mass is 16.5. The first-order chi connectivity index (χ1) is 16.6. The summed E-state index contributed by atoms with van der Waals surface area (Å²) >= 11 is 0. The molecule has 3 aromatic carbocycles. The van der Waals surface area contributed by atoms with Crippen LogP contribution in [0.15, 0.2) is 91.0 Å². The maximum absolute atomic E-state index is 12.6. The number of ether oxygens (including phenoxy) is 1. The molecule has 0 bridgehead atoms. The molecule has 4 rings (SSSR count). The van der Waals surface area contributed by atoms with Crippen LogP contribution in [-0.2, 0) is 24.9 Å². The van der Waals surface area contributed by atoms with Crippen molar-refractivity contribution in [1.29, 1.82) is 0 Å². The van der Waals surface area contributed by atoms with Crippen LogP contribution in [-0.4, -0.2) is 21.6 Å². The highest BCUT2D eigenvalue weighted by Gasteiger charge is 2.15. The summed E-state index contributed by atoms with van der Waals surface area (Å²) in [6.45, 7) is 0.473. The lowest BCUT2D eigenvalue weighted by Gasteiger charge is -2.08. The van der Waals surface area contributed by atoms with Gasteiger partial charge in [0.2, 0.25) is 5.91 Å². The van der Waals surface area contributed by atoms with E-state index in [2.05, 4.69) is 15.7 Å². The number of rotatable bonds is 9. The Morgan fingerprint density at radius 2 is 1.50 bits per heavy atom. The SMILES string of the molecule is Cn1nc(C(=O)Nc2ccc(OCc3ccccc3)cc2)cc1NC(=O)CCc1ccccc1. The van der Waals surface area contributed by atoms with Gasteiger partial charge in [0.25, 0.3) is 5.91 Å². The number of nitrogens with one attached hydrogen (secondary N) is 2. The molecule has 0 radical (unpaired) electrons. The first-order valence-corrected chi connectivity index (χ1v) is 11.0. The Labute approximate surface area is 198 Å². The largest absolute Gasteiger partial charge is 0.489 e. The van der Waals surface area contributed by atoms with Crippen LogP contribution in [0.4, 0.5) is 11.5 Å². The summed E-state index contributed by atoms with van der Waals surface area (Å²) in [4.78, 5) is 25.0. The number of anilines is 2. The van der Waals surface area contributed by atoms with Gasteiger partial charge in [-0.2, -0.15) is 5.10 Å². The maximum atomic E-state index is 12.6. The second-order valence-corrected chi connectivity index (χ2v) is 7.82. The van der Waals surface area contributed by atoms with Crippen molar-refractivity contribution in [3.63, 3.8) is 0 Å². The minimum atomic E-state index is -0.363. The van der Waals surface area contributed by atoms with Crippen molar-refractivity contribution in [2.45, 2.75) is 19.4 Å². The van der Waals surface area contributed by atoms with Crippen molar-refractivity contribution in [3.8, 4) is 5.75 Å². The van der Waals surface area contributed by atoms with Crippen LogP contribution in [0.5, 0.6) is 5.75 Å². The second kappa shape index (κ2) is 11.0. The lowest BCUT2D eigenvalue weighted by atomic mass is 10.1. The molecule has 2 amide bonds.